The lowest BCUT2D eigenvalue weighted by Crippen LogP contribution is -1.97. The van der Waals surface area contributed by atoms with Crippen molar-refractivity contribution in [2.24, 2.45) is 0 Å². The molecule has 0 aliphatic carbocycles. The van der Waals surface area contributed by atoms with E-state index >= 15 is 0 Å². The van der Waals surface area contributed by atoms with E-state index in [4.69, 9.17) is 5.11 Å². The van der Waals surface area contributed by atoms with Crippen molar-refractivity contribution in [3.63, 3.8) is 0 Å². The van der Waals surface area contributed by atoms with E-state index in [2.05, 4.69) is 15.9 Å². The summed E-state index contributed by atoms with van der Waals surface area (Å²) in [7, 11) is 0. The van der Waals surface area contributed by atoms with Crippen molar-refractivity contribution in [1.82, 2.24) is 0 Å². The summed E-state index contributed by atoms with van der Waals surface area (Å²) in [6, 6.07) is 10.9. The Balaban J connectivity index is 2.91. The lowest BCUT2D eigenvalue weighted by atomic mass is 10.1. The zero-order valence-corrected chi connectivity index (χ0v) is 8.78. The molecule has 70 valence electrons. The van der Waals surface area contributed by atoms with Gasteiger partial charge in [-0.2, -0.15) is 0 Å². The van der Waals surface area contributed by atoms with Gasteiger partial charge in [-0.05, 0) is 17.5 Å². The average Bonchev–Trinajstić information content (AvgIpc) is 2.17. The second-order valence-electron chi connectivity index (χ2n) is 2.95. The molecule has 0 saturated carbocycles. The minimum atomic E-state index is -0.900. The first kappa shape index (κ1) is 9.21. The number of benzene rings is 2. The molecule has 3 heteroatoms. The number of carboxylic acid groups (broad SMARTS) is 1. The highest BCUT2D eigenvalue weighted by atomic mass is 79.9. The van der Waals surface area contributed by atoms with Crippen LogP contribution in [0.2, 0.25) is 0 Å². The number of halogens is 1. The summed E-state index contributed by atoms with van der Waals surface area (Å²) in [5.41, 5.74) is 0.329. The molecule has 0 unspecified atom stereocenters. The smallest absolute Gasteiger partial charge is 0.336 e. The predicted molar refractivity (Wildman–Crippen MR) is 58.6 cm³/mol. The average molecular weight is 251 g/mol. The van der Waals surface area contributed by atoms with Crippen molar-refractivity contribution < 1.29 is 9.90 Å². The lowest BCUT2D eigenvalue weighted by Gasteiger charge is -2.03. The van der Waals surface area contributed by atoms with Crippen LogP contribution < -0.4 is 0 Å². The molecule has 1 N–H and O–H groups in total. The van der Waals surface area contributed by atoms with Crippen molar-refractivity contribution >= 4 is 32.7 Å². The van der Waals surface area contributed by atoms with Gasteiger partial charge in [-0.1, -0.05) is 40.2 Å². The molecule has 14 heavy (non-hydrogen) atoms. The number of hydrogen-bond acceptors (Lipinski definition) is 1. The fourth-order valence-electron chi connectivity index (χ4n) is 1.47. The summed E-state index contributed by atoms with van der Waals surface area (Å²) in [5, 5.41) is 10.7. The van der Waals surface area contributed by atoms with E-state index in [0.29, 0.717) is 5.56 Å². The second-order valence-corrected chi connectivity index (χ2v) is 3.80. The highest BCUT2D eigenvalue weighted by molar-refractivity contribution is 9.10. The number of rotatable bonds is 1. The molecule has 0 saturated heterocycles. The highest BCUT2D eigenvalue weighted by Gasteiger charge is 2.09. The van der Waals surface area contributed by atoms with Gasteiger partial charge in [0.2, 0.25) is 0 Å². The summed E-state index contributed by atoms with van der Waals surface area (Å²) in [6.07, 6.45) is 0. The molecular formula is C11H7BrO2. The zero-order valence-electron chi connectivity index (χ0n) is 7.20. The summed E-state index contributed by atoms with van der Waals surface area (Å²) in [4.78, 5) is 10.9. The van der Waals surface area contributed by atoms with Gasteiger partial charge in [-0.25, -0.2) is 4.79 Å². The van der Waals surface area contributed by atoms with Crippen LogP contribution in [0.4, 0.5) is 0 Å². The molecule has 0 radical (unpaired) electrons. The van der Waals surface area contributed by atoms with Crippen LogP contribution in [0, 0.1) is 0 Å². The van der Waals surface area contributed by atoms with E-state index in [0.717, 1.165) is 15.2 Å². The highest BCUT2D eigenvalue weighted by Crippen LogP contribution is 2.26. The normalized spacial score (nSPS) is 10.4. The number of aromatic carboxylic acids is 1. The first-order valence-corrected chi connectivity index (χ1v) is 4.90. The third kappa shape index (κ3) is 1.40. The number of carbonyl (C=O) groups is 1. The lowest BCUT2D eigenvalue weighted by molar-refractivity contribution is 0.0699. The van der Waals surface area contributed by atoms with Crippen molar-refractivity contribution in [3.05, 3.63) is 46.4 Å². The van der Waals surface area contributed by atoms with E-state index in [1.54, 1.807) is 12.1 Å². The van der Waals surface area contributed by atoms with Gasteiger partial charge in [-0.15, -0.1) is 0 Å². The second kappa shape index (κ2) is 3.42. The molecule has 0 amide bonds. The van der Waals surface area contributed by atoms with E-state index in [9.17, 15) is 4.79 Å². The monoisotopic (exact) mass is 250 g/mol. The molecular weight excluding hydrogens is 244 g/mol. The molecule has 2 aromatic carbocycles. The summed E-state index contributed by atoms with van der Waals surface area (Å²) in [5.74, 6) is -0.900. The van der Waals surface area contributed by atoms with Crippen LogP contribution in [-0.4, -0.2) is 11.1 Å². The Morgan fingerprint density at radius 1 is 1.14 bits per heavy atom. The standard InChI is InChI=1S/C11H7BrO2/c12-9-6-2-4-7-3-1-5-8(10(7)9)11(13)14/h1-6H,(H,13,14). The molecule has 2 aromatic rings. The maximum atomic E-state index is 10.9. The fraction of sp³-hybridized carbons (Fsp3) is 0. The van der Waals surface area contributed by atoms with E-state index < -0.39 is 5.97 Å². The topological polar surface area (TPSA) is 37.3 Å². The first-order chi connectivity index (χ1) is 6.70. The minimum Gasteiger partial charge on any atom is -0.478 e. The van der Waals surface area contributed by atoms with Crippen LogP contribution in [0.5, 0.6) is 0 Å². The van der Waals surface area contributed by atoms with Crippen LogP contribution in [0.3, 0.4) is 0 Å². The molecule has 0 aromatic heterocycles. The molecule has 0 fully saturated rings. The number of fused-ring (bicyclic) bond motifs is 1. The number of carboxylic acids is 1. The third-order valence-electron chi connectivity index (χ3n) is 2.08. The Morgan fingerprint density at radius 2 is 1.79 bits per heavy atom. The van der Waals surface area contributed by atoms with Gasteiger partial charge in [-0.3, -0.25) is 0 Å². The quantitative estimate of drug-likeness (QED) is 0.844. The fourth-order valence-corrected chi connectivity index (χ4v) is 2.07. The summed E-state index contributed by atoms with van der Waals surface area (Å²) < 4.78 is 0.813. The van der Waals surface area contributed by atoms with Gasteiger partial charge < -0.3 is 5.11 Å². The molecule has 2 nitrogen and oxygen atoms in total. The Kier molecular flexibility index (Phi) is 2.25. The van der Waals surface area contributed by atoms with E-state index in [1.165, 1.54) is 0 Å². The van der Waals surface area contributed by atoms with Crippen LogP contribution in [-0.2, 0) is 0 Å². The summed E-state index contributed by atoms with van der Waals surface area (Å²) in [6.45, 7) is 0. The molecule has 0 aliphatic rings. The van der Waals surface area contributed by atoms with Crippen LogP contribution >= 0.6 is 15.9 Å². The Hall–Kier alpha value is -1.35. The van der Waals surface area contributed by atoms with Gasteiger partial charge in [0.1, 0.15) is 0 Å². The maximum absolute atomic E-state index is 10.9. The van der Waals surface area contributed by atoms with Crippen molar-refractivity contribution in [2.45, 2.75) is 0 Å². The van der Waals surface area contributed by atoms with Gasteiger partial charge >= 0.3 is 5.97 Å². The van der Waals surface area contributed by atoms with E-state index in [-0.39, 0.29) is 0 Å². The van der Waals surface area contributed by atoms with Crippen molar-refractivity contribution in [3.8, 4) is 0 Å². The zero-order chi connectivity index (χ0) is 10.1. The van der Waals surface area contributed by atoms with Gasteiger partial charge in [0.05, 0.1) is 5.56 Å². The van der Waals surface area contributed by atoms with Crippen molar-refractivity contribution in [1.29, 1.82) is 0 Å². The van der Waals surface area contributed by atoms with Crippen LogP contribution in [0.25, 0.3) is 10.8 Å². The predicted octanol–water partition coefficient (Wildman–Crippen LogP) is 3.30. The van der Waals surface area contributed by atoms with Crippen molar-refractivity contribution in [2.75, 3.05) is 0 Å². The van der Waals surface area contributed by atoms with E-state index in [1.807, 2.05) is 24.3 Å². The van der Waals surface area contributed by atoms with Crippen LogP contribution in [0.1, 0.15) is 10.4 Å². The molecule has 0 spiro atoms. The molecule has 0 bridgehead atoms. The molecule has 2 rings (SSSR count). The molecule has 0 heterocycles. The first-order valence-electron chi connectivity index (χ1n) is 4.10. The largest absolute Gasteiger partial charge is 0.478 e. The molecule has 0 atom stereocenters. The Bertz CT molecular complexity index is 500. The van der Waals surface area contributed by atoms with Crippen LogP contribution in [0.15, 0.2) is 40.9 Å². The van der Waals surface area contributed by atoms with Gasteiger partial charge in [0.25, 0.3) is 0 Å². The molecule has 0 aliphatic heterocycles. The van der Waals surface area contributed by atoms with Gasteiger partial charge in [0.15, 0.2) is 0 Å². The Morgan fingerprint density at radius 3 is 2.43 bits per heavy atom. The SMILES string of the molecule is O=C(O)c1cccc2cccc(Br)c12. The minimum absolute atomic E-state index is 0.329. The van der Waals surface area contributed by atoms with Gasteiger partial charge in [0, 0.05) is 9.86 Å². The number of hydrogen-bond donors (Lipinski definition) is 1. The third-order valence-corrected chi connectivity index (χ3v) is 2.75. The Labute approximate surface area is 89.3 Å². The maximum Gasteiger partial charge on any atom is 0.336 e. The summed E-state index contributed by atoms with van der Waals surface area (Å²) >= 11 is 3.35.